The number of benzene rings is 1. The van der Waals surface area contributed by atoms with Gasteiger partial charge in [-0.1, -0.05) is 13.0 Å². The molecular weight excluding hydrogens is 270 g/mol. The van der Waals surface area contributed by atoms with E-state index < -0.39 is 5.82 Å². The number of nitrogens with zero attached hydrogens (tertiary/aromatic N) is 1. The van der Waals surface area contributed by atoms with Crippen molar-refractivity contribution in [1.82, 2.24) is 10.3 Å². The first-order valence-corrected chi connectivity index (χ1v) is 7.25. The topological polar surface area (TPSA) is 24.9 Å². The van der Waals surface area contributed by atoms with Gasteiger partial charge in [-0.25, -0.2) is 8.78 Å². The number of nitrogens with one attached hydrogen (secondary N) is 1. The van der Waals surface area contributed by atoms with Crippen molar-refractivity contribution in [2.45, 2.75) is 32.2 Å². The van der Waals surface area contributed by atoms with Gasteiger partial charge >= 0.3 is 0 Å². The van der Waals surface area contributed by atoms with Crippen LogP contribution in [0.2, 0.25) is 0 Å². The van der Waals surface area contributed by atoms with E-state index in [9.17, 15) is 8.78 Å². The highest BCUT2D eigenvalue weighted by atomic mass is 19.1. The van der Waals surface area contributed by atoms with Crippen LogP contribution in [-0.2, 0) is 12.8 Å². The number of hydrogen-bond acceptors (Lipinski definition) is 2. The van der Waals surface area contributed by atoms with Crippen LogP contribution < -0.4 is 5.32 Å². The van der Waals surface area contributed by atoms with Crippen LogP contribution in [-0.4, -0.2) is 17.6 Å². The third kappa shape index (κ3) is 4.90. The molecule has 0 aliphatic heterocycles. The second-order valence-corrected chi connectivity index (χ2v) is 5.16. The Morgan fingerprint density at radius 3 is 2.76 bits per heavy atom. The van der Waals surface area contributed by atoms with Crippen LogP contribution in [0.4, 0.5) is 8.78 Å². The summed E-state index contributed by atoms with van der Waals surface area (Å²) >= 11 is 0. The summed E-state index contributed by atoms with van der Waals surface area (Å²) in [6.07, 6.45) is 5.73. The van der Waals surface area contributed by atoms with Crippen LogP contribution in [0.5, 0.6) is 0 Å². The number of pyridine rings is 1. The summed E-state index contributed by atoms with van der Waals surface area (Å²) in [5, 5.41) is 3.40. The Balaban J connectivity index is 2.10. The van der Waals surface area contributed by atoms with E-state index in [1.165, 1.54) is 12.1 Å². The van der Waals surface area contributed by atoms with Crippen molar-refractivity contribution >= 4 is 0 Å². The third-order valence-electron chi connectivity index (χ3n) is 3.36. The summed E-state index contributed by atoms with van der Waals surface area (Å²) in [6, 6.07) is 7.55. The van der Waals surface area contributed by atoms with Crippen molar-refractivity contribution in [3.05, 3.63) is 65.5 Å². The summed E-state index contributed by atoms with van der Waals surface area (Å²) in [4.78, 5) is 4.09. The lowest BCUT2D eigenvalue weighted by molar-refractivity contribution is 0.489. The van der Waals surface area contributed by atoms with Gasteiger partial charge in [-0.05, 0) is 61.2 Å². The number of rotatable bonds is 7. The van der Waals surface area contributed by atoms with Gasteiger partial charge < -0.3 is 5.32 Å². The smallest absolute Gasteiger partial charge is 0.126 e. The maximum absolute atomic E-state index is 13.8. The number of hydrogen-bond donors (Lipinski definition) is 1. The molecule has 2 aromatic rings. The second-order valence-electron chi connectivity index (χ2n) is 5.16. The highest BCUT2D eigenvalue weighted by Crippen LogP contribution is 2.14. The van der Waals surface area contributed by atoms with Crippen molar-refractivity contribution in [1.29, 1.82) is 0 Å². The summed E-state index contributed by atoms with van der Waals surface area (Å²) in [5.41, 5.74) is 1.50. The summed E-state index contributed by atoms with van der Waals surface area (Å²) < 4.78 is 27.1. The highest BCUT2D eigenvalue weighted by Gasteiger charge is 2.13. The van der Waals surface area contributed by atoms with E-state index in [0.717, 1.165) is 31.0 Å². The summed E-state index contributed by atoms with van der Waals surface area (Å²) in [7, 11) is 0. The first-order valence-electron chi connectivity index (χ1n) is 7.25. The van der Waals surface area contributed by atoms with Gasteiger partial charge in [-0.2, -0.15) is 0 Å². The van der Waals surface area contributed by atoms with E-state index >= 15 is 0 Å². The first kappa shape index (κ1) is 15.6. The van der Waals surface area contributed by atoms with Crippen molar-refractivity contribution < 1.29 is 8.78 Å². The average molecular weight is 290 g/mol. The zero-order valence-electron chi connectivity index (χ0n) is 12.2. The molecule has 1 unspecified atom stereocenters. The Morgan fingerprint density at radius 1 is 1.19 bits per heavy atom. The minimum atomic E-state index is -0.401. The molecule has 2 nitrogen and oxygen atoms in total. The largest absolute Gasteiger partial charge is 0.313 e. The lowest BCUT2D eigenvalue weighted by Crippen LogP contribution is -2.34. The molecule has 1 aromatic heterocycles. The zero-order valence-corrected chi connectivity index (χ0v) is 12.2. The molecule has 0 fully saturated rings. The predicted molar refractivity (Wildman–Crippen MR) is 80.1 cm³/mol. The van der Waals surface area contributed by atoms with Crippen LogP contribution in [0, 0.1) is 11.6 Å². The Labute approximate surface area is 124 Å². The molecular formula is C17H20F2N2. The fourth-order valence-electron chi connectivity index (χ4n) is 2.33. The monoisotopic (exact) mass is 290 g/mol. The lowest BCUT2D eigenvalue weighted by atomic mass is 9.99. The van der Waals surface area contributed by atoms with E-state index in [1.54, 1.807) is 6.20 Å². The van der Waals surface area contributed by atoms with Crippen molar-refractivity contribution in [2.24, 2.45) is 0 Å². The van der Waals surface area contributed by atoms with Crippen molar-refractivity contribution in [2.75, 3.05) is 6.54 Å². The molecule has 1 N–H and O–H groups in total. The number of halogens is 2. The molecule has 112 valence electrons. The van der Waals surface area contributed by atoms with Gasteiger partial charge in [0.15, 0.2) is 0 Å². The summed E-state index contributed by atoms with van der Waals surface area (Å²) in [5.74, 6) is -0.757. The van der Waals surface area contributed by atoms with Gasteiger partial charge in [0.05, 0.1) is 0 Å². The predicted octanol–water partition coefficient (Wildman–Crippen LogP) is 3.51. The van der Waals surface area contributed by atoms with Crippen LogP contribution in [0.15, 0.2) is 42.7 Å². The standard InChI is InChI=1S/C17H20F2N2/c1-2-7-21-16(9-13-4-3-8-20-12-13)11-14-10-15(18)5-6-17(14)19/h3-6,8,10,12,16,21H,2,7,9,11H2,1H3. The SMILES string of the molecule is CCCNC(Cc1cccnc1)Cc1cc(F)ccc1F. The van der Waals surface area contributed by atoms with Crippen molar-refractivity contribution in [3.63, 3.8) is 0 Å². The van der Waals surface area contributed by atoms with E-state index in [4.69, 9.17) is 0 Å². The fourth-order valence-corrected chi connectivity index (χ4v) is 2.33. The van der Waals surface area contributed by atoms with Crippen LogP contribution in [0.25, 0.3) is 0 Å². The first-order chi connectivity index (χ1) is 10.2. The maximum Gasteiger partial charge on any atom is 0.126 e. The van der Waals surface area contributed by atoms with Crippen LogP contribution in [0.1, 0.15) is 24.5 Å². The Hall–Kier alpha value is -1.81. The Bertz CT molecular complexity index is 558. The highest BCUT2D eigenvalue weighted by molar-refractivity contribution is 5.21. The second kappa shape index (κ2) is 7.84. The molecule has 1 atom stereocenters. The Kier molecular flexibility index (Phi) is 5.81. The molecule has 0 bridgehead atoms. The van der Waals surface area contributed by atoms with E-state index in [0.29, 0.717) is 12.0 Å². The van der Waals surface area contributed by atoms with Crippen molar-refractivity contribution in [3.8, 4) is 0 Å². The average Bonchev–Trinajstić information content (AvgIpc) is 2.49. The molecule has 0 saturated heterocycles. The minimum absolute atomic E-state index is 0.0606. The van der Waals surface area contributed by atoms with E-state index in [2.05, 4.69) is 17.2 Å². The molecule has 0 spiro atoms. The lowest BCUT2D eigenvalue weighted by Gasteiger charge is -2.19. The van der Waals surface area contributed by atoms with Crippen LogP contribution in [0.3, 0.4) is 0 Å². The van der Waals surface area contributed by atoms with Gasteiger partial charge in [0.2, 0.25) is 0 Å². The van der Waals surface area contributed by atoms with Crippen LogP contribution >= 0.6 is 0 Å². The minimum Gasteiger partial charge on any atom is -0.313 e. The molecule has 0 saturated carbocycles. The molecule has 0 radical (unpaired) electrons. The van der Waals surface area contributed by atoms with Gasteiger partial charge in [0.1, 0.15) is 11.6 Å². The van der Waals surface area contributed by atoms with E-state index in [1.807, 2.05) is 18.3 Å². The van der Waals surface area contributed by atoms with Gasteiger partial charge in [0, 0.05) is 18.4 Å². The molecule has 2 rings (SSSR count). The van der Waals surface area contributed by atoms with Gasteiger partial charge in [0.25, 0.3) is 0 Å². The van der Waals surface area contributed by atoms with Gasteiger partial charge in [-0.3, -0.25) is 4.98 Å². The quantitative estimate of drug-likeness (QED) is 0.844. The molecule has 21 heavy (non-hydrogen) atoms. The molecule has 0 aliphatic rings. The fraction of sp³-hybridized carbons (Fsp3) is 0.353. The zero-order chi connectivity index (χ0) is 15.1. The summed E-state index contributed by atoms with van der Waals surface area (Å²) in [6.45, 7) is 2.93. The molecule has 0 aliphatic carbocycles. The normalized spacial score (nSPS) is 12.3. The third-order valence-corrected chi connectivity index (χ3v) is 3.36. The molecule has 1 heterocycles. The molecule has 0 amide bonds. The Morgan fingerprint density at radius 2 is 2.05 bits per heavy atom. The number of aromatic nitrogens is 1. The van der Waals surface area contributed by atoms with E-state index in [-0.39, 0.29) is 11.9 Å². The molecule has 1 aromatic carbocycles. The molecule has 4 heteroatoms. The van der Waals surface area contributed by atoms with Gasteiger partial charge in [-0.15, -0.1) is 0 Å². The maximum atomic E-state index is 13.8.